The first kappa shape index (κ1) is 10.9. The highest BCUT2D eigenvalue weighted by atomic mass is 79.9. The van der Waals surface area contributed by atoms with Gasteiger partial charge in [0.05, 0.1) is 12.3 Å². The van der Waals surface area contributed by atoms with Crippen molar-refractivity contribution in [3.05, 3.63) is 34.6 Å². The van der Waals surface area contributed by atoms with Gasteiger partial charge in [0.2, 0.25) is 0 Å². The van der Waals surface area contributed by atoms with Gasteiger partial charge in [0.15, 0.2) is 0 Å². The fourth-order valence-corrected chi connectivity index (χ4v) is 1.20. The summed E-state index contributed by atoms with van der Waals surface area (Å²) in [4.78, 5) is 17.1. The van der Waals surface area contributed by atoms with E-state index in [9.17, 15) is 4.79 Å². The molecular formula is C10H10BrNO2. The SMILES string of the molecule is CCOC(=O)c1cccc(/C=C/Br)n1. The number of pyridine rings is 1. The summed E-state index contributed by atoms with van der Waals surface area (Å²) >= 11 is 3.14. The molecule has 0 spiro atoms. The number of rotatable bonds is 3. The van der Waals surface area contributed by atoms with Crippen molar-refractivity contribution >= 4 is 28.0 Å². The van der Waals surface area contributed by atoms with Gasteiger partial charge < -0.3 is 4.74 Å². The van der Waals surface area contributed by atoms with E-state index in [4.69, 9.17) is 4.74 Å². The summed E-state index contributed by atoms with van der Waals surface area (Å²) in [6, 6.07) is 5.20. The van der Waals surface area contributed by atoms with Crippen molar-refractivity contribution in [3.8, 4) is 0 Å². The summed E-state index contributed by atoms with van der Waals surface area (Å²) in [5.41, 5.74) is 1.04. The molecule has 1 rings (SSSR count). The molecule has 3 nitrogen and oxygen atoms in total. The molecule has 0 unspecified atom stereocenters. The summed E-state index contributed by atoms with van der Waals surface area (Å²) in [5.74, 6) is -0.391. The number of nitrogens with zero attached hydrogens (tertiary/aromatic N) is 1. The van der Waals surface area contributed by atoms with E-state index in [1.807, 2.05) is 0 Å². The molecule has 0 saturated heterocycles. The topological polar surface area (TPSA) is 39.2 Å². The summed E-state index contributed by atoms with van der Waals surface area (Å²) in [5, 5.41) is 0. The molecule has 0 amide bonds. The third-order valence-electron chi connectivity index (χ3n) is 1.49. The van der Waals surface area contributed by atoms with Crippen LogP contribution in [0.2, 0.25) is 0 Å². The highest BCUT2D eigenvalue weighted by molar-refractivity contribution is 9.11. The van der Waals surface area contributed by atoms with E-state index in [0.29, 0.717) is 18.0 Å². The molecule has 0 bridgehead atoms. The van der Waals surface area contributed by atoms with Crippen molar-refractivity contribution in [2.45, 2.75) is 6.92 Å². The van der Waals surface area contributed by atoms with Gasteiger partial charge in [-0.1, -0.05) is 22.0 Å². The zero-order chi connectivity index (χ0) is 10.4. The number of halogens is 1. The molecule has 0 aliphatic heterocycles. The van der Waals surface area contributed by atoms with E-state index in [1.54, 1.807) is 36.2 Å². The Morgan fingerprint density at radius 2 is 2.43 bits per heavy atom. The van der Waals surface area contributed by atoms with E-state index in [2.05, 4.69) is 20.9 Å². The molecule has 0 atom stereocenters. The lowest BCUT2D eigenvalue weighted by Crippen LogP contribution is -2.07. The summed E-state index contributed by atoms with van der Waals surface area (Å²) in [6.07, 6.45) is 1.75. The van der Waals surface area contributed by atoms with Crippen molar-refractivity contribution in [3.63, 3.8) is 0 Å². The van der Waals surface area contributed by atoms with Crippen molar-refractivity contribution in [1.82, 2.24) is 4.98 Å². The Hall–Kier alpha value is -1.16. The number of aromatic nitrogens is 1. The van der Waals surface area contributed by atoms with E-state index >= 15 is 0 Å². The van der Waals surface area contributed by atoms with E-state index in [0.717, 1.165) is 0 Å². The highest BCUT2D eigenvalue weighted by Crippen LogP contribution is 2.04. The van der Waals surface area contributed by atoms with Crippen LogP contribution < -0.4 is 0 Å². The molecule has 0 fully saturated rings. The van der Waals surface area contributed by atoms with Gasteiger partial charge in [-0.25, -0.2) is 9.78 Å². The quantitative estimate of drug-likeness (QED) is 0.780. The Kier molecular flexibility index (Phi) is 4.32. The second-order valence-electron chi connectivity index (χ2n) is 2.46. The lowest BCUT2D eigenvalue weighted by atomic mass is 10.3. The van der Waals surface area contributed by atoms with Gasteiger partial charge in [-0.15, -0.1) is 0 Å². The minimum atomic E-state index is -0.391. The first-order chi connectivity index (χ1) is 6.77. The molecule has 4 heteroatoms. The minimum Gasteiger partial charge on any atom is -0.461 e. The standard InChI is InChI=1S/C10H10BrNO2/c1-2-14-10(13)9-5-3-4-8(12-9)6-7-11/h3-7H,2H2,1H3/b7-6+. The molecule has 14 heavy (non-hydrogen) atoms. The van der Waals surface area contributed by atoms with Gasteiger partial charge in [0, 0.05) is 0 Å². The molecule has 0 aliphatic rings. The number of esters is 1. The van der Waals surface area contributed by atoms with Gasteiger partial charge in [0.25, 0.3) is 0 Å². The van der Waals surface area contributed by atoms with Crippen LogP contribution in [0.4, 0.5) is 0 Å². The van der Waals surface area contributed by atoms with Crippen LogP contribution in [0, 0.1) is 0 Å². The largest absolute Gasteiger partial charge is 0.461 e. The van der Waals surface area contributed by atoms with Crippen molar-refractivity contribution in [2.75, 3.05) is 6.61 Å². The Labute approximate surface area is 90.9 Å². The first-order valence-corrected chi connectivity index (χ1v) is 5.10. The van der Waals surface area contributed by atoms with E-state index < -0.39 is 5.97 Å². The predicted octanol–water partition coefficient (Wildman–Crippen LogP) is 2.62. The van der Waals surface area contributed by atoms with Gasteiger partial charge >= 0.3 is 5.97 Å². The zero-order valence-electron chi connectivity index (χ0n) is 7.74. The van der Waals surface area contributed by atoms with Crippen LogP contribution in [0.25, 0.3) is 6.08 Å². The maximum Gasteiger partial charge on any atom is 0.356 e. The highest BCUT2D eigenvalue weighted by Gasteiger charge is 2.06. The molecule has 1 aromatic heterocycles. The van der Waals surface area contributed by atoms with Crippen LogP contribution in [0.3, 0.4) is 0 Å². The first-order valence-electron chi connectivity index (χ1n) is 4.19. The number of carbonyl (C=O) groups is 1. The lowest BCUT2D eigenvalue weighted by Gasteiger charge is -2.00. The molecule has 1 heterocycles. The second-order valence-corrected chi connectivity index (χ2v) is 2.99. The fourth-order valence-electron chi connectivity index (χ4n) is 0.928. The van der Waals surface area contributed by atoms with Crippen LogP contribution >= 0.6 is 15.9 Å². The van der Waals surface area contributed by atoms with Crippen LogP contribution in [-0.2, 0) is 4.74 Å². The van der Waals surface area contributed by atoms with Gasteiger partial charge in [-0.3, -0.25) is 0 Å². The molecule has 0 N–H and O–H groups in total. The van der Waals surface area contributed by atoms with Crippen molar-refractivity contribution in [2.24, 2.45) is 0 Å². The molecule has 74 valence electrons. The number of ether oxygens (including phenoxy) is 1. The predicted molar refractivity (Wildman–Crippen MR) is 58.2 cm³/mol. The second kappa shape index (κ2) is 5.54. The minimum absolute atomic E-state index is 0.329. The lowest BCUT2D eigenvalue weighted by molar-refractivity contribution is 0.0519. The van der Waals surface area contributed by atoms with Crippen LogP contribution in [0.1, 0.15) is 23.1 Å². The van der Waals surface area contributed by atoms with Crippen LogP contribution in [0.5, 0.6) is 0 Å². The molecule has 0 saturated carbocycles. The average molecular weight is 256 g/mol. The third-order valence-corrected chi connectivity index (χ3v) is 1.75. The van der Waals surface area contributed by atoms with Crippen molar-refractivity contribution in [1.29, 1.82) is 0 Å². The fraction of sp³-hybridized carbons (Fsp3) is 0.200. The van der Waals surface area contributed by atoms with Crippen molar-refractivity contribution < 1.29 is 9.53 Å². The van der Waals surface area contributed by atoms with Crippen LogP contribution in [-0.4, -0.2) is 17.6 Å². The Bertz CT molecular complexity index is 350. The monoisotopic (exact) mass is 255 g/mol. The van der Waals surface area contributed by atoms with E-state index in [1.165, 1.54) is 0 Å². The molecular weight excluding hydrogens is 246 g/mol. The summed E-state index contributed by atoms with van der Waals surface area (Å²) < 4.78 is 4.82. The molecule has 1 aromatic rings. The van der Waals surface area contributed by atoms with E-state index in [-0.39, 0.29) is 0 Å². The summed E-state index contributed by atoms with van der Waals surface area (Å²) in [6.45, 7) is 2.12. The summed E-state index contributed by atoms with van der Waals surface area (Å²) in [7, 11) is 0. The Morgan fingerprint density at radius 3 is 3.07 bits per heavy atom. The number of hydrogen-bond donors (Lipinski definition) is 0. The van der Waals surface area contributed by atoms with Gasteiger partial charge in [-0.2, -0.15) is 0 Å². The Balaban J connectivity index is 2.87. The number of hydrogen-bond acceptors (Lipinski definition) is 3. The number of carbonyl (C=O) groups excluding carboxylic acids is 1. The van der Waals surface area contributed by atoms with Gasteiger partial charge in [-0.05, 0) is 30.1 Å². The zero-order valence-corrected chi connectivity index (χ0v) is 9.32. The maximum absolute atomic E-state index is 11.3. The molecule has 0 radical (unpaired) electrons. The Morgan fingerprint density at radius 1 is 1.64 bits per heavy atom. The van der Waals surface area contributed by atoms with Gasteiger partial charge in [0.1, 0.15) is 5.69 Å². The maximum atomic E-state index is 11.3. The smallest absolute Gasteiger partial charge is 0.356 e. The molecule has 0 aromatic carbocycles. The normalized spacial score (nSPS) is 10.4. The van der Waals surface area contributed by atoms with Crippen LogP contribution in [0.15, 0.2) is 23.2 Å². The average Bonchev–Trinajstić information content (AvgIpc) is 2.19. The molecule has 0 aliphatic carbocycles. The third kappa shape index (κ3) is 2.96.